The quantitative estimate of drug-likeness (QED) is 0.429. The monoisotopic (exact) mass is 467 g/mol. The Morgan fingerprint density at radius 2 is 1.91 bits per heavy atom. The topological polar surface area (TPSA) is 109 Å². The molecule has 2 N–H and O–H groups in total. The average Bonchev–Trinajstić information content (AvgIpc) is 3.36. The highest BCUT2D eigenvalue weighted by molar-refractivity contribution is 6.31. The van der Waals surface area contributed by atoms with Gasteiger partial charge in [-0.15, -0.1) is 0 Å². The normalized spacial score (nSPS) is 16.4. The number of aromatic nitrogens is 2. The fourth-order valence-corrected chi connectivity index (χ4v) is 4.91. The van der Waals surface area contributed by atoms with Gasteiger partial charge in [0, 0.05) is 41.2 Å². The Bertz CT molecular complexity index is 1320. The molecular formula is C24H22ClN3O5. The number of benzene rings is 2. The molecule has 1 fully saturated rings. The van der Waals surface area contributed by atoms with Crippen LogP contribution in [-0.2, 0) is 16.1 Å². The summed E-state index contributed by atoms with van der Waals surface area (Å²) in [4.78, 5) is 30.3. The second kappa shape index (κ2) is 8.53. The SMILES string of the molecule is O=C(O)Cn1cc(C(C(=O)O)N2CCC(c3nc4ccccc4o3)CC2)c2ccc(Cl)cc21. The first-order chi connectivity index (χ1) is 15.9. The summed E-state index contributed by atoms with van der Waals surface area (Å²) in [6.07, 6.45) is 3.06. The van der Waals surface area contributed by atoms with E-state index in [-0.39, 0.29) is 12.5 Å². The zero-order chi connectivity index (χ0) is 23.1. The lowest BCUT2D eigenvalue weighted by molar-refractivity contribution is -0.144. The summed E-state index contributed by atoms with van der Waals surface area (Å²) in [7, 11) is 0. The third-order valence-electron chi connectivity index (χ3n) is 6.26. The van der Waals surface area contributed by atoms with Crippen LogP contribution < -0.4 is 0 Å². The Morgan fingerprint density at radius 3 is 2.61 bits per heavy atom. The van der Waals surface area contributed by atoms with Crippen LogP contribution in [0, 0.1) is 0 Å². The first kappa shape index (κ1) is 21.5. The smallest absolute Gasteiger partial charge is 0.325 e. The van der Waals surface area contributed by atoms with E-state index in [9.17, 15) is 19.8 Å². The van der Waals surface area contributed by atoms with Gasteiger partial charge in [0.15, 0.2) is 11.5 Å². The molecule has 0 radical (unpaired) electrons. The van der Waals surface area contributed by atoms with Gasteiger partial charge in [0.25, 0.3) is 0 Å². The van der Waals surface area contributed by atoms with Gasteiger partial charge in [-0.05, 0) is 37.1 Å². The van der Waals surface area contributed by atoms with Gasteiger partial charge in [-0.25, -0.2) is 4.98 Å². The number of nitrogens with zero attached hydrogens (tertiary/aromatic N) is 3. The number of carboxylic acid groups (broad SMARTS) is 2. The van der Waals surface area contributed by atoms with Crippen LogP contribution in [0.4, 0.5) is 0 Å². The molecule has 5 rings (SSSR count). The lowest BCUT2D eigenvalue weighted by Crippen LogP contribution is -2.39. The molecule has 1 aliphatic heterocycles. The third kappa shape index (κ3) is 4.07. The van der Waals surface area contributed by atoms with Gasteiger partial charge >= 0.3 is 11.9 Å². The molecule has 1 atom stereocenters. The standard InChI is InChI=1S/C24H22ClN3O5/c25-15-5-6-16-17(12-28(13-21(29)30)19(16)11-15)22(24(31)32)27-9-7-14(8-10-27)23-26-18-3-1-2-4-20(18)33-23/h1-6,11-12,14,22H,7-10,13H2,(H,29,30)(H,31,32). The molecule has 8 nitrogen and oxygen atoms in total. The van der Waals surface area contributed by atoms with Crippen LogP contribution in [0.3, 0.4) is 0 Å². The highest BCUT2D eigenvalue weighted by Gasteiger charge is 2.34. The number of fused-ring (bicyclic) bond motifs is 2. The molecular weight excluding hydrogens is 446 g/mol. The molecule has 2 aromatic heterocycles. The van der Waals surface area contributed by atoms with E-state index in [1.54, 1.807) is 29.0 Å². The summed E-state index contributed by atoms with van der Waals surface area (Å²) in [5.74, 6) is -1.17. The van der Waals surface area contributed by atoms with Crippen molar-refractivity contribution >= 4 is 45.5 Å². The van der Waals surface area contributed by atoms with Gasteiger partial charge in [-0.3, -0.25) is 14.5 Å². The summed E-state index contributed by atoms with van der Waals surface area (Å²) in [5, 5.41) is 20.6. The molecule has 9 heteroatoms. The largest absolute Gasteiger partial charge is 0.480 e. The zero-order valence-corrected chi connectivity index (χ0v) is 18.4. The first-order valence-electron chi connectivity index (χ1n) is 10.7. The minimum Gasteiger partial charge on any atom is -0.480 e. The maximum absolute atomic E-state index is 12.4. The van der Waals surface area contributed by atoms with Crippen molar-refractivity contribution in [2.75, 3.05) is 13.1 Å². The van der Waals surface area contributed by atoms with E-state index in [0.29, 0.717) is 40.5 Å². The van der Waals surface area contributed by atoms with Gasteiger partial charge in [-0.2, -0.15) is 0 Å². The summed E-state index contributed by atoms with van der Waals surface area (Å²) >= 11 is 6.13. The molecule has 1 saturated heterocycles. The predicted octanol–water partition coefficient (Wildman–Crippen LogP) is 4.53. The second-order valence-corrected chi connectivity index (χ2v) is 8.77. The van der Waals surface area contributed by atoms with Crippen molar-refractivity contribution in [1.29, 1.82) is 0 Å². The highest BCUT2D eigenvalue weighted by Crippen LogP contribution is 2.37. The number of oxazole rings is 1. The Morgan fingerprint density at radius 1 is 1.15 bits per heavy atom. The number of likely N-dealkylation sites (tertiary alicyclic amines) is 1. The first-order valence-corrected chi connectivity index (χ1v) is 11.1. The summed E-state index contributed by atoms with van der Waals surface area (Å²) in [6.45, 7) is 0.835. The Hall–Kier alpha value is -3.36. The number of carbonyl (C=O) groups is 2. The van der Waals surface area contributed by atoms with Crippen molar-refractivity contribution in [2.45, 2.75) is 31.3 Å². The predicted molar refractivity (Wildman–Crippen MR) is 123 cm³/mol. The number of carboxylic acids is 2. The van der Waals surface area contributed by atoms with E-state index in [2.05, 4.69) is 4.98 Å². The van der Waals surface area contributed by atoms with Crippen LogP contribution in [0.2, 0.25) is 5.02 Å². The molecule has 1 unspecified atom stereocenters. The molecule has 3 heterocycles. The van der Waals surface area contributed by atoms with Crippen molar-refractivity contribution in [3.05, 3.63) is 65.1 Å². The molecule has 0 bridgehead atoms. The van der Waals surface area contributed by atoms with Crippen molar-refractivity contribution in [1.82, 2.24) is 14.5 Å². The molecule has 0 spiro atoms. The number of hydrogen-bond donors (Lipinski definition) is 2. The molecule has 170 valence electrons. The van der Waals surface area contributed by atoms with Crippen LogP contribution >= 0.6 is 11.6 Å². The molecule has 0 amide bonds. The molecule has 0 aliphatic carbocycles. The third-order valence-corrected chi connectivity index (χ3v) is 6.50. The van der Waals surface area contributed by atoms with Crippen LogP contribution in [0.15, 0.2) is 53.1 Å². The molecule has 0 saturated carbocycles. The summed E-state index contributed by atoms with van der Waals surface area (Å²) in [5.41, 5.74) is 2.75. The Labute approximate surface area is 194 Å². The van der Waals surface area contributed by atoms with Gasteiger partial charge in [-0.1, -0.05) is 29.8 Å². The van der Waals surface area contributed by atoms with E-state index in [0.717, 1.165) is 23.9 Å². The van der Waals surface area contributed by atoms with E-state index in [4.69, 9.17) is 16.0 Å². The van der Waals surface area contributed by atoms with E-state index in [1.807, 2.05) is 29.2 Å². The van der Waals surface area contributed by atoms with Gasteiger partial charge in [0.1, 0.15) is 18.1 Å². The average molecular weight is 468 g/mol. The van der Waals surface area contributed by atoms with Crippen molar-refractivity contribution in [3.63, 3.8) is 0 Å². The maximum Gasteiger partial charge on any atom is 0.325 e. The fourth-order valence-electron chi connectivity index (χ4n) is 4.74. The van der Waals surface area contributed by atoms with Gasteiger partial charge in [0.05, 0.1) is 5.52 Å². The van der Waals surface area contributed by atoms with E-state index >= 15 is 0 Å². The van der Waals surface area contributed by atoms with Crippen LogP contribution in [0.25, 0.3) is 22.0 Å². The van der Waals surface area contributed by atoms with Crippen LogP contribution in [0.1, 0.15) is 36.3 Å². The maximum atomic E-state index is 12.4. The number of para-hydroxylation sites is 2. The Balaban J connectivity index is 1.42. The van der Waals surface area contributed by atoms with Crippen molar-refractivity contribution in [3.8, 4) is 0 Å². The van der Waals surface area contributed by atoms with E-state index < -0.39 is 18.0 Å². The minimum atomic E-state index is -1.01. The number of rotatable bonds is 6. The summed E-state index contributed by atoms with van der Waals surface area (Å²) < 4.78 is 7.47. The molecule has 1 aliphatic rings. The number of aliphatic carboxylic acids is 2. The molecule has 33 heavy (non-hydrogen) atoms. The van der Waals surface area contributed by atoms with Gasteiger partial charge in [0.2, 0.25) is 0 Å². The second-order valence-electron chi connectivity index (χ2n) is 8.34. The fraction of sp³-hybridized carbons (Fsp3) is 0.292. The number of hydrogen-bond acceptors (Lipinski definition) is 5. The van der Waals surface area contributed by atoms with E-state index in [1.165, 1.54) is 0 Å². The van der Waals surface area contributed by atoms with Crippen LogP contribution in [-0.4, -0.2) is 49.7 Å². The Kier molecular flexibility index (Phi) is 5.55. The lowest BCUT2D eigenvalue weighted by atomic mass is 9.94. The number of halogens is 1. The van der Waals surface area contributed by atoms with Crippen molar-refractivity contribution < 1.29 is 24.2 Å². The molecule has 2 aromatic carbocycles. The minimum absolute atomic E-state index is 0.121. The summed E-state index contributed by atoms with van der Waals surface area (Å²) in [6, 6.07) is 11.9. The van der Waals surface area contributed by atoms with Crippen LogP contribution in [0.5, 0.6) is 0 Å². The zero-order valence-electron chi connectivity index (χ0n) is 17.6. The lowest BCUT2D eigenvalue weighted by Gasteiger charge is -2.34. The number of piperidine rings is 1. The highest BCUT2D eigenvalue weighted by atomic mass is 35.5. The molecule has 4 aromatic rings. The van der Waals surface area contributed by atoms with Crippen molar-refractivity contribution in [2.24, 2.45) is 0 Å². The van der Waals surface area contributed by atoms with Gasteiger partial charge < -0.3 is 19.2 Å².